The molecule has 0 aliphatic heterocycles. The summed E-state index contributed by atoms with van der Waals surface area (Å²) < 4.78 is 36.0. The molecule has 0 fully saturated rings. The summed E-state index contributed by atoms with van der Waals surface area (Å²) in [6, 6.07) is 1.88. The van der Waals surface area contributed by atoms with Crippen LogP contribution >= 0.6 is 11.3 Å². The molecule has 2 rings (SSSR count). The number of hydrogen-bond acceptors (Lipinski definition) is 2. The first-order chi connectivity index (χ1) is 8.46. The number of fused-ring (bicyclic) bond motifs is 1. The summed E-state index contributed by atoms with van der Waals surface area (Å²) in [4.78, 5) is 13.7. The Labute approximate surface area is 108 Å². The molecule has 100 valence electrons. The fourth-order valence-corrected chi connectivity index (χ4v) is 3.42. The molecule has 0 N–H and O–H groups in total. The van der Waals surface area contributed by atoms with Crippen molar-refractivity contribution in [1.29, 1.82) is 0 Å². The number of halogens is 3. The second-order valence-electron chi connectivity index (χ2n) is 4.66. The van der Waals surface area contributed by atoms with Crippen LogP contribution in [0.3, 0.4) is 0 Å². The number of thiophene rings is 1. The molecule has 0 spiro atoms. The van der Waals surface area contributed by atoms with E-state index in [1.165, 1.54) is 21.8 Å². The number of alkyl halides is 3. The molecule has 1 aliphatic rings. The van der Waals surface area contributed by atoms with Gasteiger partial charge in [-0.25, -0.2) is 0 Å². The average molecular weight is 276 g/mol. The summed E-state index contributed by atoms with van der Waals surface area (Å²) in [5, 5.41) is 0. The van der Waals surface area contributed by atoms with Crippen LogP contribution < -0.4 is 0 Å². The molecule has 1 aromatic rings. The molecule has 0 unspecified atom stereocenters. The van der Waals surface area contributed by atoms with Gasteiger partial charge in [0, 0.05) is 17.7 Å². The van der Waals surface area contributed by atoms with Crippen LogP contribution in [-0.4, -0.2) is 12.0 Å². The Morgan fingerprint density at radius 1 is 1.28 bits per heavy atom. The molecule has 5 heteroatoms. The summed E-state index contributed by atoms with van der Waals surface area (Å²) in [7, 11) is 0. The highest BCUT2D eigenvalue weighted by atomic mass is 32.1. The van der Waals surface area contributed by atoms with Crippen molar-refractivity contribution in [2.45, 2.75) is 51.1 Å². The molecule has 1 nitrogen and oxygen atoms in total. The van der Waals surface area contributed by atoms with E-state index in [-0.39, 0.29) is 18.6 Å². The van der Waals surface area contributed by atoms with Crippen LogP contribution in [0.1, 0.15) is 52.2 Å². The van der Waals surface area contributed by atoms with Crippen molar-refractivity contribution < 1.29 is 18.0 Å². The zero-order valence-electron chi connectivity index (χ0n) is 9.98. The van der Waals surface area contributed by atoms with Crippen LogP contribution in [0, 0.1) is 0 Å². The lowest BCUT2D eigenvalue weighted by molar-refractivity contribution is -0.135. The van der Waals surface area contributed by atoms with Crippen molar-refractivity contribution in [3.05, 3.63) is 21.4 Å². The zero-order chi connectivity index (χ0) is 13.2. The highest BCUT2D eigenvalue weighted by Gasteiger charge is 2.27. The smallest absolute Gasteiger partial charge is 0.293 e. The number of rotatable bonds is 4. The summed E-state index contributed by atoms with van der Waals surface area (Å²) in [6.07, 6.45) is -0.833. The van der Waals surface area contributed by atoms with Crippen molar-refractivity contribution in [2.24, 2.45) is 0 Å². The van der Waals surface area contributed by atoms with E-state index in [1.807, 2.05) is 6.07 Å². The second-order valence-corrected chi connectivity index (χ2v) is 5.79. The Kier molecular flexibility index (Phi) is 4.10. The third-order valence-corrected chi connectivity index (χ3v) is 4.41. The minimum atomic E-state index is -4.16. The number of aryl methyl sites for hydroxylation is 2. The molecule has 0 saturated heterocycles. The maximum atomic E-state index is 12.0. The summed E-state index contributed by atoms with van der Waals surface area (Å²) in [5.41, 5.74) is 1.23. The zero-order valence-corrected chi connectivity index (χ0v) is 10.8. The van der Waals surface area contributed by atoms with Crippen molar-refractivity contribution in [1.82, 2.24) is 0 Å². The number of hydrogen-bond donors (Lipinski definition) is 0. The first-order valence-electron chi connectivity index (χ1n) is 6.17. The van der Waals surface area contributed by atoms with Gasteiger partial charge in [-0.2, -0.15) is 13.2 Å². The molecule has 1 heterocycles. The van der Waals surface area contributed by atoms with E-state index < -0.39 is 12.6 Å². The van der Waals surface area contributed by atoms with Gasteiger partial charge in [-0.15, -0.1) is 11.3 Å². The number of carbonyl (C=O) groups is 1. The van der Waals surface area contributed by atoms with E-state index in [0.29, 0.717) is 4.88 Å². The number of ketones is 1. The largest absolute Gasteiger partial charge is 0.389 e. The molecular formula is C13H15F3OS. The van der Waals surface area contributed by atoms with Gasteiger partial charge < -0.3 is 0 Å². The predicted octanol–water partition coefficient (Wildman–Crippen LogP) is 4.54. The molecule has 0 aromatic carbocycles. The molecule has 0 bridgehead atoms. The Morgan fingerprint density at radius 2 is 2.00 bits per heavy atom. The van der Waals surface area contributed by atoms with E-state index in [2.05, 4.69) is 0 Å². The molecule has 1 aromatic heterocycles. The molecule has 18 heavy (non-hydrogen) atoms. The summed E-state index contributed by atoms with van der Waals surface area (Å²) >= 11 is 1.47. The SMILES string of the molecule is O=C(CCCC(F)(F)F)c1cc2c(s1)CCCC2. The van der Waals surface area contributed by atoms with Gasteiger partial charge in [0.1, 0.15) is 0 Å². The van der Waals surface area contributed by atoms with E-state index in [9.17, 15) is 18.0 Å². The van der Waals surface area contributed by atoms with Gasteiger partial charge >= 0.3 is 6.18 Å². The van der Waals surface area contributed by atoms with Crippen molar-refractivity contribution in [2.75, 3.05) is 0 Å². The van der Waals surface area contributed by atoms with Crippen molar-refractivity contribution in [3.63, 3.8) is 0 Å². The fraction of sp³-hybridized carbons (Fsp3) is 0.615. The van der Waals surface area contributed by atoms with Gasteiger partial charge in [0.05, 0.1) is 4.88 Å². The van der Waals surface area contributed by atoms with E-state index in [0.717, 1.165) is 25.7 Å². The van der Waals surface area contributed by atoms with Gasteiger partial charge in [-0.1, -0.05) is 0 Å². The highest BCUT2D eigenvalue weighted by Crippen LogP contribution is 2.31. The minimum Gasteiger partial charge on any atom is -0.293 e. The summed E-state index contributed by atoms with van der Waals surface area (Å²) in [6.45, 7) is 0. The van der Waals surface area contributed by atoms with Crippen LogP contribution in [0.2, 0.25) is 0 Å². The van der Waals surface area contributed by atoms with Gasteiger partial charge in [-0.05, 0) is 43.7 Å². The predicted molar refractivity (Wildman–Crippen MR) is 65.2 cm³/mol. The van der Waals surface area contributed by atoms with Crippen LogP contribution in [0.4, 0.5) is 13.2 Å². The Balaban J connectivity index is 1.91. The van der Waals surface area contributed by atoms with E-state index >= 15 is 0 Å². The van der Waals surface area contributed by atoms with Gasteiger partial charge in [0.2, 0.25) is 0 Å². The van der Waals surface area contributed by atoms with E-state index in [1.54, 1.807) is 0 Å². The second kappa shape index (κ2) is 5.43. The monoisotopic (exact) mass is 276 g/mol. The lowest BCUT2D eigenvalue weighted by atomic mass is 9.99. The number of carbonyl (C=O) groups excluding carboxylic acids is 1. The fourth-order valence-electron chi connectivity index (χ4n) is 2.20. The van der Waals surface area contributed by atoms with Gasteiger partial charge in [0.15, 0.2) is 5.78 Å². The normalized spacial score (nSPS) is 15.5. The minimum absolute atomic E-state index is 0.00109. The first kappa shape index (κ1) is 13.6. The van der Waals surface area contributed by atoms with Crippen LogP contribution in [0.5, 0.6) is 0 Å². The Morgan fingerprint density at radius 3 is 2.67 bits per heavy atom. The quantitative estimate of drug-likeness (QED) is 0.738. The third-order valence-electron chi connectivity index (χ3n) is 3.14. The maximum absolute atomic E-state index is 12.0. The lowest BCUT2D eigenvalue weighted by Crippen LogP contribution is -2.08. The Bertz CT molecular complexity index is 410. The van der Waals surface area contributed by atoms with E-state index in [4.69, 9.17) is 0 Å². The molecule has 0 radical (unpaired) electrons. The topological polar surface area (TPSA) is 17.1 Å². The maximum Gasteiger partial charge on any atom is 0.389 e. The van der Waals surface area contributed by atoms with Crippen LogP contribution in [0.15, 0.2) is 6.07 Å². The van der Waals surface area contributed by atoms with Crippen LogP contribution in [0.25, 0.3) is 0 Å². The van der Waals surface area contributed by atoms with Crippen LogP contribution in [-0.2, 0) is 12.8 Å². The Hall–Kier alpha value is -0.840. The first-order valence-corrected chi connectivity index (χ1v) is 6.99. The lowest BCUT2D eigenvalue weighted by Gasteiger charge is -2.08. The standard InChI is InChI=1S/C13H15F3OS/c14-13(15,16)7-3-5-10(17)12-8-9-4-1-2-6-11(9)18-12/h8H,1-7H2. The molecule has 0 saturated carbocycles. The van der Waals surface area contributed by atoms with Crippen molar-refractivity contribution >= 4 is 17.1 Å². The molecule has 0 amide bonds. The highest BCUT2D eigenvalue weighted by molar-refractivity contribution is 7.14. The average Bonchev–Trinajstić information content (AvgIpc) is 2.70. The van der Waals surface area contributed by atoms with Crippen molar-refractivity contribution in [3.8, 4) is 0 Å². The molecule has 0 atom stereocenters. The van der Waals surface area contributed by atoms with Gasteiger partial charge in [-0.3, -0.25) is 4.79 Å². The number of Topliss-reactive ketones (excluding diaryl/α,β-unsaturated/α-hetero) is 1. The summed E-state index contributed by atoms with van der Waals surface area (Å²) in [5.74, 6) is -0.140. The third kappa shape index (κ3) is 3.57. The van der Waals surface area contributed by atoms with Gasteiger partial charge in [0.25, 0.3) is 0 Å². The molecule has 1 aliphatic carbocycles. The molecular weight excluding hydrogens is 261 g/mol.